The van der Waals surface area contributed by atoms with E-state index < -0.39 is 0 Å². The van der Waals surface area contributed by atoms with Crippen molar-refractivity contribution in [3.05, 3.63) is 29.6 Å². The second kappa shape index (κ2) is 2.09. The number of nitrogens with zero attached hydrogens (tertiary/aromatic N) is 1. The highest BCUT2D eigenvalue weighted by Gasteiger charge is 2.01. The number of aryl methyl sites for hydroxylation is 2. The van der Waals surface area contributed by atoms with E-state index in [1.807, 2.05) is 18.5 Å². The SMILES string of the molecule is Cc1ccnc2[nH]cc(C)c12. The molecule has 0 aliphatic rings. The lowest BCUT2D eigenvalue weighted by Crippen LogP contribution is -1.79. The van der Waals surface area contributed by atoms with E-state index in [4.69, 9.17) is 0 Å². The maximum Gasteiger partial charge on any atom is 0.137 e. The van der Waals surface area contributed by atoms with Crippen LogP contribution in [-0.4, -0.2) is 9.97 Å². The highest BCUT2D eigenvalue weighted by Crippen LogP contribution is 2.18. The van der Waals surface area contributed by atoms with Crippen molar-refractivity contribution in [2.45, 2.75) is 13.8 Å². The van der Waals surface area contributed by atoms with Gasteiger partial charge in [0, 0.05) is 17.8 Å². The lowest BCUT2D eigenvalue weighted by atomic mass is 10.1. The van der Waals surface area contributed by atoms with Crippen molar-refractivity contribution in [2.24, 2.45) is 0 Å². The van der Waals surface area contributed by atoms with E-state index in [-0.39, 0.29) is 0 Å². The fourth-order valence-electron chi connectivity index (χ4n) is 1.41. The van der Waals surface area contributed by atoms with Gasteiger partial charge >= 0.3 is 0 Å². The largest absolute Gasteiger partial charge is 0.346 e. The van der Waals surface area contributed by atoms with Crippen molar-refractivity contribution < 1.29 is 0 Å². The normalized spacial score (nSPS) is 10.7. The smallest absolute Gasteiger partial charge is 0.137 e. The molecule has 2 rings (SSSR count). The van der Waals surface area contributed by atoms with E-state index in [0.717, 1.165) is 5.65 Å². The summed E-state index contributed by atoms with van der Waals surface area (Å²) in [4.78, 5) is 7.32. The Morgan fingerprint density at radius 2 is 2.09 bits per heavy atom. The van der Waals surface area contributed by atoms with Crippen LogP contribution in [0.4, 0.5) is 0 Å². The number of hydrogen-bond donors (Lipinski definition) is 1. The zero-order chi connectivity index (χ0) is 7.84. The predicted molar refractivity (Wildman–Crippen MR) is 45.6 cm³/mol. The van der Waals surface area contributed by atoms with E-state index in [1.54, 1.807) is 0 Å². The Balaban J connectivity index is 2.96. The summed E-state index contributed by atoms with van der Waals surface area (Å²) in [6, 6.07) is 2.03. The number of nitrogens with one attached hydrogen (secondary N) is 1. The van der Waals surface area contributed by atoms with Crippen LogP contribution in [0.3, 0.4) is 0 Å². The maximum atomic E-state index is 4.21. The first-order chi connectivity index (χ1) is 5.29. The fourth-order valence-corrected chi connectivity index (χ4v) is 1.41. The molecule has 2 aromatic heterocycles. The van der Waals surface area contributed by atoms with Gasteiger partial charge < -0.3 is 4.98 Å². The van der Waals surface area contributed by atoms with Crippen molar-refractivity contribution in [3.63, 3.8) is 0 Å². The molecule has 11 heavy (non-hydrogen) atoms. The molecule has 2 heteroatoms. The Morgan fingerprint density at radius 1 is 1.27 bits per heavy atom. The molecule has 0 radical (unpaired) electrons. The molecule has 0 unspecified atom stereocenters. The van der Waals surface area contributed by atoms with Gasteiger partial charge in [-0.05, 0) is 31.0 Å². The molecule has 0 bridgehead atoms. The summed E-state index contributed by atoms with van der Waals surface area (Å²) in [5, 5.41) is 1.26. The van der Waals surface area contributed by atoms with Gasteiger partial charge in [0.25, 0.3) is 0 Å². The molecule has 2 heterocycles. The minimum absolute atomic E-state index is 0.988. The molecule has 0 saturated heterocycles. The minimum Gasteiger partial charge on any atom is -0.346 e. The first-order valence-electron chi connectivity index (χ1n) is 3.68. The van der Waals surface area contributed by atoms with Gasteiger partial charge in [-0.2, -0.15) is 0 Å². The molecule has 0 fully saturated rings. The van der Waals surface area contributed by atoms with Gasteiger partial charge in [0.15, 0.2) is 0 Å². The van der Waals surface area contributed by atoms with Crippen LogP contribution in [0.15, 0.2) is 18.5 Å². The Morgan fingerprint density at radius 3 is 2.82 bits per heavy atom. The van der Waals surface area contributed by atoms with Gasteiger partial charge in [-0.25, -0.2) is 4.98 Å². The van der Waals surface area contributed by atoms with Crippen LogP contribution in [0.5, 0.6) is 0 Å². The van der Waals surface area contributed by atoms with E-state index in [1.165, 1.54) is 16.5 Å². The van der Waals surface area contributed by atoms with E-state index in [9.17, 15) is 0 Å². The van der Waals surface area contributed by atoms with Crippen molar-refractivity contribution in [1.29, 1.82) is 0 Å². The molecule has 2 nitrogen and oxygen atoms in total. The van der Waals surface area contributed by atoms with Crippen LogP contribution in [-0.2, 0) is 0 Å². The number of H-pyrrole nitrogens is 1. The second-order valence-corrected chi connectivity index (χ2v) is 2.82. The molecule has 0 aromatic carbocycles. The zero-order valence-corrected chi connectivity index (χ0v) is 6.68. The van der Waals surface area contributed by atoms with Crippen molar-refractivity contribution in [1.82, 2.24) is 9.97 Å². The molecule has 2 aromatic rings. The van der Waals surface area contributed by atoms with Crippen molar-refractivity contribution in [3.8, 4) is 0 Å². The molecule has 0 aliphatic heterocycles. The first kappa shape index (κ1) is 6.40. The highest BCUT2D eigenvalue weighted by atomic mass is 14.8. The Labute approximate surface area is 65.3 Å². The quantitative estimate of drug-likeness (QED) is 0.606. The average Bonchev–Trinajstić information content (AvgIpc) is 2.34. The number of aromatic nitrogens is 2. The van der Waals surface area contributed by atoms with Crippen LogP contribution in [0.25, 0.3) is 11.0 Å². The van der Waals surface area contributed by atoms with Gasteiger partial charge in [0.1, 0.15) is 5.65 Å². The molecular formula is C9H10N2. The van der Waals surface area contributed by atoms with Crippen LogP contribution >= 0.6 is 0 Å². The Kier molecular flexibility index (Phi) is 1.22. The van der Waals surface area contributed by atoms with E-state index in [0.29, 0.717) is 0 Å². The average molecular weight is 146 g/mol. The van der Waals surface area contributed by atoms with E-state index >= 15 is 0 Å². The van der Waals surface area contributed by atoms with Crippen molar-refractivity contribution in [2.75, 3.05) is 0 Å². The summed E-state index contributed by atoms with van der Waals surface area (Å²) in [5.74, 6) is 0. The lowest BCUT2D eigenvalue weighted by molar-refractivity contribution is 1.31. The third kappa shape index (κ3) is 0.827. The molecule has 0 spiro atoms. The van der Waals surface area contributed by atoms with Crippen LogP contribution < -0.4 is 0 Å². The zero-order valence-electron chi connectivity index (χ0n) is 6.68. The lowest BCUT2D eigenvalue weighted by Gasteiger charge is -1.94. The van der Waals surface area contributed by atoms with Gasteiger partial charge in [-0.1, -0.05) is 0 Å². The van der Waals surface area contributed by atoms with Gasteiger partial charge in [0.05, 0.1) is 0 Å². The van der Waals surface area contributed by atoms with Gasteiger partial charge in [-0.3, -0.25) is 0 Å². The van der Waals surface area contributed by atoms with Gasteiger partial charge in [0.2, 0.25) is 0 Å². The molecule has 56 valence electrons. The summed E-state index contributed by atoms with van der Waals surface area (Å²) >= 11 is 0. The molecule has 0 amide bonds. The predicted octanol–water partition coefficient (Wildman–Crippen LogP) is 2.18. The Hall–Kier alpha value is -1.31. The number of aromatic amines is 1. The molecular weight excluding hydrogens is 136 g/mol. The molecule has 0 saturated carbocycles. The molecule has 0 aliphatic carbocycles. The second-order valence-electron chi connectivity index (χ2n) is 2.82. The van der Waals surface area contributed by atoms with Crippen LogP contribution in [0, 0.1) is 13.8 Å². The summed E-state index contributed by atoms with van der Waals surface area (Å²) in [7, 11) is 0. The fraction of sp³-hybridized carbons (Fsp3) is 0.222. The summed E-state index contributed by atoms with van der Waals surface area (Å²) in [6.07, 6.45) is 3.82. The number of fused-ring (bicyclic) bond motifs is 1. The number of pyridine rings is 1. The summed E-state index contributed by atoms with van der Waals surface area (Å²) < 4.78 is 0. The highest BCUT2D eigenvalue weighted by molar-refractivity contribution is 5.82. The maximum absolute atomic E-state index is 4.21. The van der Waals surface area contributed by atoms with Crippen LogP contribution in [0.1, 0.15) is 11.1 Å². The van der Waals surface area contributed by atoms with Crippen molar-refractivity contribution >= 4 is 11.0 Å². The number of hydrogen-bond acceptors (Lipinski definition) is 1. The topological polar surface area (TPSA) is 28.7 Å². The summed E-state index contributed by atoms with van der Waals surface area (Å²) in [6.45, 7) is 4.19. The third-order valence-corrected chi connectivity index (χ3v) is 1.98. The summed E-state index contributed by atoms with van der Waals surface area (Å²) in [5.41, 5.74) is 3.54. The molecule has 1 N–H and O–H groups in total. The monoisotopic (exact) mass is 146 g/mol. The first-order valence-corrected chi connectivity index (χ1v) is 3.68. The van der Waals surface area contributed by atoms with E-state index in [2.05, 4.69) is 23.8 Å². The third-order valence-electron chi connectivity index (χ3n) is 1.98. The minimum atomic E-state index is 0.988. The van der Waals surface area contributed by atoms with Crippen LogP contribution in [0.2, 0.25) is 0 Å². The standard InChI is InChI=1S/C9H10N2/c1-6-3-4-10-9-8(6)7(2)5-11-9/h3-5H,1-2H3,(H,10,11). The van der Waals surface area contributed by atoms with Gasteiger partial charge in [-0.15, -0.1) is 0 Å². The molecule has 0 atom stereocenters. The Bertz CT molecular complexity index is 387. The number of rotatable bonds is 0.